The normalized spacial score (nSPS) is 11.7. The minimum absolute atomic E-state index is 0.0763. The van der Waals surface area contributed by atoms with E-state index in [9.17, 15) is 13.4 Å². The molecule has 4 rings (SSSR count). The second-order valence-electron chi connectivity index (χ2n) is 7.45. The Morgan fingerprint density at radius 1 is 0.972 bits per heavy atom. The molecule has 0 bridgehead atoms. The second-order valence-corrected chi connectivity index (χ2v) is 11.0. The fourth-order valence-corrected chi connectivity index (χ4v) is 5.69. The van der Waals surface area contributed by atoms with Gasteiger partial charge in [0.15, 0.2) is 15.3 Å². The smallest absolute Gasteiger partial charge is 0.246 e. The predicted molar refractivity (Wildman–Crippen MR) is 142 cm³/mol. The van der Waals surface area contributed by atoms with Crippen LogP contribution in [0.5, 0.6) is 0 Å². The average molecular weight is 543 g/mol. The number of aromatic nitrogens is 2. The van der Waals surface area contributed by atoms with Gasteiger partial charge in [0.2, 0.25) is 11.0 Å². The lowest BCUT2D eigenvalue weighted by molar-refractivity contribution is -0.125. The molecule has 1 heterocycles. The molecule has 0 radical (unpaired) electrons. The van der Waals surface area contributed by atoms with E-state index in [0.29, 0.717) is 26.7 Å². The highest BCUT2D eigenvalue weighted by Crippen LogP contribution is 2.26. The number of nitrogens with one attached hydrogen (secondary N) is 2. The highest BCUT2D eigenvalue weighted by Gasteiger charge is 2.10. The molecule has 0 fully saturated rings. The van der Waals surface area contributed by atoms with Gasteiger partial charge in [-0.3, -0.25) is 9.52 Å². The van der Waals surface area contributed by atoms with Crippen molar-refractivity contribution in [3.8, 4) is 11.1 Å². The number of carbonyl (C=O) groups is 1. The summed E-state index contributed by atoms with van der Waals surface area (Å²) in [5.41, 5.74) is 2.95. The molecule has 2 N–H and O–H groups in total. The van der Waals surface area contributed by atoms with Crippen molar-refractivity contribution >= 4 is 45.1 Å². The van der Waals surface area contributed by atoms with E-state index >= 15 is 0 Å². The number of amides is 1. The fraction of sp³-hybridized carbons (Fsp3) is 0.160. The second kappa shape index (κ2) is 13.3. The molecule has 1 atom stereocenters. The molecular formula is C25H23FN4O3S3. The van der Waals surface area contributed by atoms with E-state index in [1.54, 1.807) is 12.1 Å². The summed E-state index contributed by atoms with van der Waals surface area (Å²) in [6, 6.07) is 23.5. The van der Waals surface area contributed by atoms with Crippen LogP contribution in [0.2, 0.25) is 0 Å². The molecule has 0 aliphatic heterocycles. The molecular weight excluding hydrogens is 519 g/mol. The number of nitrogens with zero attached hydrogens (tertiary/aromatic N) is 2. The fourth-order valence-electron chi connectivity index (χ4n) is 3.07. The van der Waals surface area contributed by atoms with Gasteiger partial charge >= 0.3 is 0 Å². The number of carbonyl (C=O) groups excluding carboxylic acids is 1. The zero-order valence-corrected chi connectivity index (χ0v) is 21.5. The van der Waals surface area contributed by atoms with Crippen LogP contribution in [0.15, 0.2) is 88.1 Å². The summed E-state index contributed by atoms with van der Waals surface area (Å²) in [5, 5.41) is 11.4. The molecule has 1 aromatic heterocycles. The number of halogens is 1. The van der Waals surface area contributed by atoms with E-state index < -0.39 is 11.0 Å². The first-order chi connectivity index (χ1) is 17.6. The van der Waals surface area contributed by atoms with Gasteiger partial charge in [0.25, 0.3) is 0 Å². The predicted octanol–water partition coefficient (Wildman–Crippen LogP) is 4.90. The molecule has 0 aliphatic carbocycles. The van der Waals surface area contributed by atoms with Crippen molar-refractivity contribution in [2.45, 2.75) is 15.8 Å². The first kappa shape index (κ1) is 26.0. The highest BCUT2D eigenvalue weighted by atomic mass is 32.2. The summed E-state index contributed by atoms with van der Waals surface area (Å²) < 4.78 is 34.5. The standard InChI is InChI=1S/C25H23FN4O3S3/c26-21-10-6-18(7-11-21)16-33-17-23(31)27-14-15-34-25-29-28-24(35-25)30-36(32)22-12-8-20(9-13-22)19-4-2-1-3-5-19/h1-13H,14-17H2,(H,27,31)(H,28,30). The van der Waals surface area contributed by atoms with Crippen LogP contribution in [0.3, 0.4) is 0 Å². The zero-order valence-electron chi connectivity index (χ0n) is 19.1. The number of ether oxygens (including phenoxy) is 1. The van der Waals surface area contributed by atoms with Gasteiger partial charge in [-0.1, -0.05) is 77.7 Å². The number of hydrogen-bond donors (Lipinski definition) is 2. The first-order valence-electron chi connectivity index (χ1n) is 11.0. The van der Waals surface area contributed by atoms with Crippen LogP contribution in [-0.2, 0) is 27.1 Å². The Morgan fingerprint density at radius 2 is 1.69 bits per heavy atom. The Morgan fingerprint density at radius 3 is 2.44 bits per heavy atom. The van der Waals surface area contributed by atoms with Crippen LogP contribution in [0, 0.1) is 5.82 Å². The lowest BCUT2D eigenvalue weighted by Gasteiger charge is -2.06. The molecule has 11 heteroatoms. The first-order valence-corrected chi connectivity index (χ1v) is 13.9. The van der Waals surface area contributed by atoms with Crippen molar-refractivity contribution in [3.63, 3.8) is 0 Å². The van der Waals surface area contributed by atoms with Gasteiger partial charge in [0.05, 0.1) is 11.5 Å². The summed E-state index contributed by atoms with van der Waals surface area (Å²) >= 11 is 2.74. The van der Waals surface area contributed by atoms with E-state index in [1.807, 2.05) is 54.6 Å². The van der Waals surface area contributed by atoms with Gasteiger partial charge in [0, 0.05) is 12.3 Å². The minimum atomic E-state index is -1.46. The lowest BCUT2D eigenvalue weighted by Crippen LogP contribution is -2.29. The zero-order chi connectivity index (χ0) is 25.2. The third-order valence-electron chi connectivity index (χ3n) is 4.83. The number of rotatable bonds is 12. The molecule has 186 valence electrons. The van der Waals surface area contributed by atoms with Crippen molar-refractivity contribution < 1.29 is 18.1 Å². The van der Waals surface area contributed by atoms with Crippen LogP contribution >= 0.6 is 23.1 Å². The molecule has 0 aliphatic rings. The summed E-state index contributed by atoms with van der Waals surface area (Å²) in [5.74, 6) is 0.0583. The number of anilines is 1. The monoisotopic (exact) mass is 542 g/mol. The summed E-state index contributed by atoms with van der Waals surface area (Å²) in [4.78, 5) is 12.5. The molecule has 1 unspecified atom stereocenters. The van der Waals surface area contributed by atoms with Crippen molar-refractivity contribution in [1.82, 2.24) is 15.5 Å². The average Bonchev–Trinajstić information content (AvgIpc) is 3.35. The summed E-state index contributed by atoms with van der Waals surface area (Å²) in [7, 11) is -1.46. The molecule has 0 spiro atoms. The van der Waals surface area contributed by atoms with Gasteiger partial charge < -0.3 is 10.1 Å². The van der Waals surface area contributed by atoms with Crippen molar-refractivity contribution in [2.24, 2.45) is 0 Å². The van der Waals surface area contributed by atoms with Crippen molar-refractivity contribution in [3.05, 3.63) is 90.2 Å². The molecule has 7 nitrogen and oxygen atoms in total. The topological polar surface area (TPSA) is 93.2 Å². The van der Waals surface area contributed by atoms with Crippen LogP contribution < -0.4 is 10.0 Å². The lowest BCUT2D eigenvalue weighted by atomic mass is 10.1. The van der Waals surface area contributed by atoms with E-state index in [-0.39, 0.29) is 24.9 Å². The van der Waals surface area contributed by atoms with Gasteiger partial charge in [0.1, 0.15) is 12.4 Å². The van der Waals surface area contributed by atoms with Crippen molar-refractivity contribution in [2.75, 3.05) is 23.6 Å². The molecule has 3 aromatic carbocycles. The van der Waals surface area contributed by atoms with E-state index in [2.05, 4.69) is 20.2 Å². The molecule has 0 saturated carbocycles. The summed E-state index contributed by atoms with van der Waals surface area (Å²) in [6.45, 7) is 0.597. The number of hydrogen-bond acceptors (Lipinski definition) is 7. The van der Waals surface area contributed by atoms with Gasteiger partial charge in [-0.25, -0.2) is 8.60 Å². The SMILES string of the molecule is O=C(COCc1ccc(F)cc1)NCCSc1nnc(NS(=O)c2ccc(-c3ccccc3)cc2)s1. The largest absolute Gasteiger partial charge is 0.367 e. The van der Waals surface area contributed by atoms with E-state index in [1.165, 1.54) is 35.2 Å². The summed E-state index contributed by atoms with van der Waals surface area (Å²) in [6.07, 6.45) is 0. The molecule has 0 saturated heterocycles. The number of thioether (sulfide) groups is 1. The third-order valence-corrected chi connectivity index (χ3v) is 8.01. The maximum Gasteiger partial charge on any atom is 0.246 e. The maximum absolute atomic E-state index is 12.9. The Kier molecular flexibility index (Phi) is 9.56. The quantitative estimate of drug-likeness (QED) is 0.195. The van der Waals surface area contributed by atoms with Crippen LogP contribution in [0.1, 0.15) is 5.56 Å². The number of benzene rings is 3. The van der Waals surface area contributed by atoms with Crippen LogP contribution in [0.4, 0.5) is 9.52 Å². The van der Waals surface area contributed by atoms with Crippen molar-refractivity contribution in [1.29, 1.82) is 0 Å². The third kappa shape index (κ3) is 7.95. The van der Waals surface area contributed by atoms with Gasteiger partial charge in [-0.15, -0.1) is 10.2 Å². The molecule has 1 amide bonds. The van der Waals surface area contributed by atoms with Gasteiger partial charge in [-0.05, 0) is 41.0 Å². The maximum atomic E-state index is 12.9. The molecule has 4 aromatic rings. The minimum Gasteiger partial charge on any atom is -0.367 e. The Bertz CT molecular complexity index is 1290. The Hall–Kier alpha value is -3.12. The van der Waals surface area contributed by atoms with Crippen LogP contribution in [-0.4, -0.2) is 39.2 Å². The van der Waals surface area contributed by atoms with E-state index in [0.717, 1.165) is 16.7 Å². The molecule has 36 heavy (non-hydrogen) atoms. The Balaban J connectivity index is 1.14. The highest BCUT2D eigenvalue weighted by molar-refractivity contribution is 8.01. The van der Waals surface area contributed by atoms with Gasteiger partial charge in [-0.2, -0.15) is 0 Å². The van der Waals surface area contributed by atoms with Crippen LogP contribution in [0.25, 0.3) is 11.1 Å². The Labute approximate surface area is 219 Å². The van der Waals surface area contributed by atoms with E-state index in [4.69, 9.17) is 4.74 Å².